The van der Waals surface area contributed by atoms with Gasteiger partial charge in [0.15, 0.2) is 0 Å². The zero-order valence-electron chi connectivity index (χ0n) is 22.6. The lowest BCUT2D eigenvalue weighted by Crippen LogP contribution is -2.23. The number of benzene rings is 2. The van der Waals surface area contributed by atoms with E-state index in [-0.39, 0.29) is 35.2 Å². The van der Waals surface area contributed by atoms with Crippen molar-refractivity contribution in [3.05, 3.63) is 77.2 Å². The lowest BCUT2D eigenvalue weighted by atomic mass is 10.1. The van der Waals surface area contributed by atoms with E-state index in [0.29, 0.717) is 22.7 Å². The Balaban J connectivity index is 1.66. The Morgan fingerprint density at radius 2 is 1.85 bits per heavy atom. The maximum Gasteiger partial charge on any atom is 0.416 e. The van der Waals surface area contributed by atoms with Crippen LogP contribution in [0.15, 0.2) is 55.0 Å². The SMILES string of the molecule is COc1cncc(-c2cn(-c3cc(C(=O)Nc4cc(C(F)(F)F)cc(CNC(C)C)c4OC)ccc3C)nn2)c1. The average Bonchev–Trinajstić information content (AvgIpc) is 3.41. The predicted molar refractivity (Wildman–Crippen MR) is 144 cm³/mol. The summed E-state index contributed by atoms with van der Waals surface area (Å²) in [5, 5.41) is 14.1. The van der Waals surface area contributed by atoms with Crippen molar-refractivity contribution in [2.45, 2.75) is 39.5 Å². The van der Waals surface area contributed by atoms with Crippen LogP contribution < -0.4 is 20.1 Å². The summed E-state index contributed by atoms with van der Waals surface area (Å²) in [6.07, 6.45) is 0.271. The maximum absolute atomic E-state index is 13.7. The van der Waals surface area contributed by atoms with Gasteiger partial charge in [-0.1, -0.05) is 25.1 Å². The molecule has 0 atom stereocenters. The molecule has 12 heteroatoms. The van der Waals surface area contributed by atoms with Crippen LogP contribution in [0.1, 0.15) is 40.9 Å². The van der Waals surface area contributed by atoms with Crippen LogP contribution in [0.4, 0.5) is 18.9 Å². The van der Waals surface area contributed by atoms with E-state index in [1.807, 2.05) is 20.8 Å². The molecule has 0 unspecified atom stereocenters. The topological polar surface area (TPSA) is 103 Å². The number of ether oxygens (including phenoxy) is 2. The molecule has 0 spiro atoms. The number of alkyl halides is 3. The number of pyridine rings is 1. The van der Waals surface area contributed by atoms with E-state index in [9.17, 15) is 18.0 Å². The number of aromatic nitrogens is 4. The van der Waals surface area contributed by atoms with Crippen molar-refractivity contribution in [2.24, 2.45) is 0 Å². The molecule has 0 bridgehead atoms. The summed E-state index contributed by atoms with van der Waals surface area (Å²) >= 11 is 0. The van der Waals surface area contributed by atoms with E-state index in [4.69, 9.17) is 9.47 Å². The lowest BCUT2D eigenvalue weighted by Gasteiger charge is -2.19. The van der Waals surface area contributed by atoms with Crippen molar-refractivity contribution < 1.29 is 27.4 Å². The fourth-order valence-electron chi connectivity index (χ4n) is 4.01. The van der Waals surface area contributed by atoms with Gasteiger partial charge in [-0.2, -0.15) is 13.2 Å². The number of methoxy groups -OCH3 is 2. The van der Waals surface area contributed by atoms with Gasteiger partial charge in [0.05, 0.1) is 43.6 Å². The first kappa shape index (κ1) is 28.6. The molecule has 0 aliphatic heterocycles. The zero-order chi connectivity index (χ0) is 29.0. The number of anilines is 1. The van der Waals surface area contributed by atoms with E-state index >= 15 is 0 Å². The molecule has 0 fully saturated rings. The van der Waals surface area contributed by atoms with Gasteiger partial charge in [-0.3, -0.25) is 9.78 Å². The van der Waals surface area contributed by atoms with Crippen LogP contribution in [0.5, 0.6) is 11.5 Å². The number of carbonyl (C=O) groups is 1. The summed E-state index contributed by atoms with van der Waals surface area (Å²) < 4.78 is 53.2. The molecule has 0 aliphatic carbocycles. The van der Waals surface area contributed by atoms with Crippen molar-refractivity contribution in [3.8, 4) is 28.4 Å². The Morgan fingerprint density at radius 3 is 2.52 bits per heavy atom. The summed E-state index contributed by atoms with van der Waals surface area (Å²) in [4.78, 5) is 17.4. The van der Waals surface area contributed by atoms with Gasteiger partial charge < -0.3 is 20.1 Å². The molecule has 0 saturated carbocycles. The molecule has 4 rings (SSSR count). The van der Waals surface area contributed by atoms with Crippen molar-refractivity contribution >= 4 is 11.6 Å². The summed E-state index contributed by atoms with van der Waals surface area (Å²) in [7, 11) is 2.89. The van der Waals surface area contributed by atoms with Crippen molar-refractivity contribution in [1.29, 1.82) is 0 Å². The number of carbonyl (C=O) groups excluding carboxylic acids is 1. The van der Waals surface area contributed by atoms with Crippen LogP contribution in [0.25, 0.3) is 16.9 Å². The Labute approximate surface area is 229 Å². The Hall–Kier alpha value is -4.45. The second-order valence-electron chi connectivity index (χ2n) is 9.37. The molecule has 210 valence electrons. The van der Waals surface area contributed by atoms with Gasteiger partial charge in [-0.15, -0.1) is 5.10 Å². The van der Waals surface area contributed by atoms with Crippen LogP contribution in [0, 0.1) is 6.92 Å². The molecule has 9 nitrogen and oxygen atoms in total. The Kier molecular flexibility index (Phi) is 8.38. The fourth-order valence-corrected chi connectivity index (χ4v) is 4.01. The first-order valence-electron chi connectivity index (χ1n) is 12.4. The molecule has 4 aromatic rings. The van der Waals surface area contributed by atoms with Crippen LogP contribution in [-0.2, 0) is 12.7 Å². The van der Waals surface area contributed by atoms with Crippen LogP contribution in [-0.4, -0.2) is 46.1 Å². The van der Waals surface area contributed by atoms with E-state index in [0.717, 1.165) is 17.7 Å². The Bertz CT molecular complexity index is 1520. The monoisotopic (exact) mass is 554 g/mol. The third-order valence-electron chi connectivity index (χ3n) is 6.10. The first-order valence-corrected chi connectivity index (χ1v) is 12.4. The Morgan fingerprint density at radius 1 is 1.07 bits per heavy atom. The minimum atomic E-state index is -4.61. The minimum absolute atomic E-state index is 0.0285. The summed E-state index contributed by atoms with van der Waals surface area (Å²) in [5.74, 6) is 0.101. The average molecular weight is 555 g/mol. The molecule has 40 heavy (non-hydrogen) atoms. The van der Waals surface area contributed by atoms with Gasteiger partial charge in [-0.05, 0) is 42.8 Å². The summed E-state index contributed by atoms with van der Waals surface area (Å²) in [5.41, 5.74) is 2.11. The standard InChI is InChI=1S/C28H29F3N6O3/c1-16(2)33-13-20-8-21(28(29,30)31)11-23(26(20)40-5)34-27(38)18-7-6-17(3)25(10-18)37-15-24(35-36-37)19-9-22(39-4)14-32-12-19/h6-12,14-16,33H,13H2,1-5H3,(H,34,38). The van der Waals surface area contributed by atoms with Gasteiger partial charge in [0.1, 0.15) is 17.2 Å². The number of nitrogens with one attached hydrogen (secondary N) is 2. The van der Waals surface area contributed by atoms with Gasteiger partial charge in [0.25, 0.3) is 5.91 Å². The molecule has 0 radical (unpaired) electrons. The molecule has 2 heterocycles. The number of hydrogen-bond donors (Lipinski definition) is 2. The van der Waals surface area contributed by atoms with Gasteiger partial charge in [-0.25, -0.2) is 4.68 Å². The van der Waals surface area contributed by atoms with Crippen LogP contribution >= 0.6 is 0 Å². The summed E-state index contributed by atoms with van der Waals surface area (Å²) in [6, 6.07) is 8.59. The number of nitrogens with zero attached hydrogens (tertiary/aromatic N) is 4. The van der Waals surface area contributed by atoms with E-state index in [2.05, 4.69) is 25.9 Å². The van der Waals surface area contributed by atoms with E-state index in [1.165, 1.54) is 18.9 Å². The second kappa shape index (κ2) is 11.7. The van der Waals surface area contributed by atoms with Crippen LogP contribution in [0.2, 0.25) is 0 Å². The molecule has 2 N–H and O–H groups in total. The number of rotatable bonds is 9. The van der Waals surface area contributed by atoms with E-state index < -0.39 is 17.6 Å². The van der Waals surface area contributed by atoms with Gasteiger partial charge >= 0.3 is 6.18 Å². The van der Waals surface area contributed by atoms with Gasteiger partial charge in [0, 0.05) is 35.5 Å². The summed E-state index contributed by atoms with van der Waals surface area (Å²) in [6.45, 7) is 5.72. The first-order chi connectivity index (χ1) is 19.0. The highest BCUT2D eigenvalue weighted by atomic mass is 19.4. The quantitative estimate of drug-likeness (QED) is 0.285. The van der Waals surface area contributed by atoms with Crippen molar-refractivity contribution in [2.75, 3.05) is 19.5 Å². The number of hydrogen-bond acceptors (Lipinski definition) is 7. The maximum atomic E-state index is 13.7. The number of aryl methyl sites for hydroxylation is 1. The van der Waals surface area contributed by atoms with E-state index in [1.54, 1.807) is 42.9 Å². The number of halogens is 3. The molecule has 1 amide bonds. The largest absolute Gasteiger partial charge is 0.495 e. The van der Waals surface area contributed by atoms with Crippen molar-refractivity contribution in [1.82, 2.24) is 25.3 Å². The molecule has 2 aromatic carbocycles. The molecule has 0 saturated heterocycles. The van der Waals surface area contributed by atoms with Crippen LogP contribution in [0.3, 0.4) is 0 Å². The third-order valence-corrected chi connectivity index (χ3v) is 6.10. The zero-order valence-corrected chi connectivity index (χ0v) is 22.6. The minimum Gasteiger partial charge on any atom is -0.495 e. The highest BCUT2D eigenvalue weighted by Crippen LogP contribution is 2.38. The normalized spacial score (nSPS) is 11.5. The lowest BCUT2D eigenvalue weighted by molar-refractivity contribution is -0.137. The third kappa shape index (κ3) is 6.40. The molecule has 2 aromatic heterocycles. The highest BCUT2D eigenvalue weighted by molar-refractivity contribution is 6.05. The molecular formula is C28H29F3N6O3. The van der Waals surface area contributed by atoms with Crippen molar-refractivity contribution in [3.63, 3.8) is 0 Å². The number of amides is 1. The van der Waals surface area contributed by atoms with Gasteiger partial charge in [0.2, 0.25) is 0 Å². The predicted octanol–water partition coefficient (Wildman–Crippen LogP) is 5.42. The highest BCUT2D eigenvalue weighted by Gasteiger charge is 2.33. The fraction of sp³-hybridized carbons (Fsp3) is 0.286. The molecule has 0 aliphatic rings. The second-order valence-corrected chi connectivity index (χ2v) is 9.37. The molecular weight excluding hydrogens is 525 g/mol. The smallest absolute Gasteiger partial charge is 0.416 e.